The van der Waals surface area contributed by atoms with E-state index in [2.05, 4.69) is 6.92 Å². The van der Waals surface area contributed by atoms with Crippen molar-refractivity contribution in [3.05, 3.63) is 0 Å². The van der Waals surface area contributed by atoms with Crippen LogP contribution in [0.1, 0.15) is 91.4 Å². The zero-order valence-electron chi connectivity index (χ0n) is 15.7. The molecule has 2 N–H and O–H groups in total. The maximum atomic E-state index is 12.1. The number of carboxylic acids is 2. The van der Waals surface area contributed by atoms with Crippen molar-refractivity contribution in [3.8, 4) is 0 Å². The van der Waals surface area contributed by atoms with Gasteiger partial charge in [-0.2, -0.15) is 0 Å². The molecule has 1 rings (SSSR count). The molecule has 140 valence electrons. The lowest BCUT2D eigenvalue weighted by molar-refractivity contribution is -0.168. The molecule has 1 saturated carbocycles. The average Bonchev–Trinajstić information content (AvgIpc) is 2.53. The largest absolute Gasteiger partial charge is 0.481 e. The van der Waals surface area contributed by atoms with Crippen LogP contribution >= 0.6 is 0 Å². The van der Waals surface area contributed by atoms with Crippen LogP contribution in [-0.4, -0.2) is 22.2 Å². The summed E-state index contributed by atoms with van der Waals surface area (Å²) in [4.78, 5) is 23.8. The number of carboxylic acid groups (broad SMARTS) is 2. The molecule has 1 fully saturated rings. The minimum atomic E-state index is -0.872. The van der Waals surface area contributed by atoms with E-state index in [-0.39, 0.29) is 11.8 Å². The quantitative estimate of drug-likeness (QED) is 0.497. The van der Waals surface area contributed by atoms with Crippen molar-refractivity contribution in [3.63, 3.8) is 0 Å². The fourth-order valence-corrected chi connectivity index (χ4v) is 4.67. The van der Waals surface area contributed by atoms with Crippen molar-refractivity contribution in [2.45, 2.75) is 91.4 Å². The van der Waals surface area contributed by atoms with Gasteiger partial charge in [0.15, 0.2) is 0 Å². The van der Waals surface area contributed by atoms with E-state index < -0.39 is 23.3 Å². The van der Waals surface area contributed by atoms with Gasteiger partial charge in [-0.25, -0.2) is 0 Å². The van der Waals surface area contributed by atoms with Crippen LogP contribution in [0.25, 0.3) is 0 Å². The third-order valence-corrected chi connectivity index (χ3v) is 6.12. The third kappa shape index (κ3) is 4.97. The van der Waals surface area contributed by atoms with E-state index in [0.717, 1.165) is 19.3 Å². The van der Waals surface area contributed by atoms with E-state index >= 15 is 0 Å². The lowest BCUT2D eigenvalue weighted by Crippen LogP contribution is -2.50. The summed E-state index contributed by atoms with van der Waals surface area (Å²) in [6, 6.07) is 0. The van der Waals surface area contributed by atoms with Gasteiger partial charge >= 0.3 is 11.9 Å². The van der Waals surface area contributed by atoms with Gasteiger partial charge in [0.1, 0.15) is 0 Å². The summed E-state index contributed by atoms with van der Waals surface area (Å²) in [7, 11) is 0. The number of rotatable bonds is 11. The molecule has 1 aliphatic carbocycles. The number of unbranched alkanes of at least 4 members (excludes halogenated alkanes) is 6. The van der Waals surface area contributed by atoms with E-state index in [1.54, 1.807) is 0 Å². The predicted octanol–water partition coefficient (Wildman–Crippen LogP) is 5.36. The second-order valence-corrected chi connectivity index (χ2v) is 7.85. The molecule has 4 heteroatoms. The van der Waals surface area contributed by atoms with Gasteiger partial charge in [0, 0.05) is 0 Å². The van der Waals surface area contributed by atoms with E-state index in [0.29, 0.717) is 19.3 Å². The van der Waals surface area contributed by atoms with Crippen molar-refractivity contribution in [1.82, 2.24) is 0 Å². The number of aliphatic carboxylic acids is 2. The van der Waals surface area contributed by atoms with Crippen LogP contribution in [0, 0.1) is 23.2 Å². The number of hydrogen-bond acceptors (Lipinski definition) is 2. The minimum absolute atomic E-state index is 0.0355. The summed E-state index contributed by atoms with van der Waals surface area (Å²) >= 11 is 0. The van der Waals surface area contributed by atoms with Crippen molar-refractivity contribution in [2.24, 2.45) is 23.2 Å². The highest BCUT2D eigenvalue weighted by Crippen LogP contribution is 2.51. The van der Waals surface area contributed by atoms with Gasteiger partial charge in [-0.1, -0.05) is 72.1 Å². The van der Waals surface area contributed by atoms with Gasteiger partial charge in [0.2, 0.25) is 0 Å². The van der Waals surface area contributed by atoms with Crippen molar-refractivity contribution in [1.29, 1.82) is 0 Å². The first-order valence-corrected chi connectivity index (χ1v) is 9.84. The summed E-state index contributed by atoms with van der Waals surface area (Å²) in [5.74, 6) is -2.38. The van der Waals surface area contributed by atoms with Crippen molar-refractivity contribution >= 4 is 11.9 Å². The van der Waals surface area contributed by atoms with Crippen LogP contribution in [0.3, 0.4) is 0 Å². The Morgan fingerprint density at radius 1 is 1.04 bits per heavy atom. The molecule has 0 radical (unpaired) electrons. The van der Waals surface area contributed by atoms with Crippen LogP contribution in [0.5, 0.6) is 0 Å². The van der Waals surface area contributed by atoms with Crippen molar-refractivity contribution in [2.75, 3.05) is 0 Å². The average molecular weight is 341 g/mol. The molecule has 3 unspecified atom stereocenters. The molecule has 3 atom stereocenters. The molecule has 0 aliphatic heterocycles. The van der Waals surface area contributed by atoms with Crippen LogP contribution < -0.4 is 0 Å². The summed E-state index contributed by atoms with van der Waals surface area (Å²) in [5.41, 5.74) is -0.872. The molecule has 0 aromatic rings. The third-order valence-electron chi connectivity index (χ3n) is 6.12. The van der Waals surface area contributed by atoms with E-state index in [1.807, 2.05) is 13.8 Å². The van der Waals surface area contributed by atoms with Crippen LogP contribution in [0.15, 0.2) is 0 Å². The second kappa shape index (κ2) is 10.0. The zero-order valence-corrected chi connectivity index (χ0v) is 15.7. The van der Waals surface area contributed by atoms with Gasteiger partial charge in [-0.15, -0.1) is 0 Å². The summed E-state index contributed by atoms with van der Waals surface area (Å²) < 4.78 is 0. The Morgan fingerprint density at radius 3 is 2.12 bits per heavy atom. The molecule has 0 aromatic heterocycles. The molecular formula is C20H36O4. The maximum absolute atomic E-state index is 12.1. The molecule has 0 saturated heterocycles. The maximum Gasteiger partial charge on any atom is 0.310 e. The fraction of sp³-hybridized carbons (Fsp3) is 0.900. The Labute approximate surface area is 147 Å². The molecule has 1 aliphatic rings. The van der Waals surface area contributed by atoms with Crippen molar-refractivity contribution < 1.29 is 19.8 Å². The standard InChI is InChI=1S/C20H36O4/c1-4-5-6-7-8-9-10-13-17-16(18(21)22)12-11-14-20(17,15(2)3)19(23)24/h15-17H,4-14H2,1-3H3,(H,21,22)(H,23,24). The molecule has 0 spiro atoms. The fourth-order valence-electron chi connectivity index (χ4n) is 4.67. The predicted molar refractivity (Wildman–Crippen MR) is 96.0 cm³/mol. The van der Waals surface area contributed by atoms with Gasteiger partial charge in [0.25, 0.3) is 0 Å². The highest BCUT2D eigenvalue weighted by atomic mass is 16.4. The molecule has 0 aromatic carbocycles. The Balaban J connectivity index is 2.73. The van der Waals surface area contributed by atoms with Gasteiger partial charge in [-0.05, 0) is 31.1 Å². The Morgan fingerprint density at radius 2 is 1.62 bits per heavy atom. The first-order chi connectivity index (χ1) is 11.4. The smallest absolute Gasteiger partial charge is 0.310 e. The molecule has 0 amide bonds. The highest BCUT2D eigenvalue weighted by Gasteiger charge is 2.54. The Kier molecular flexibility index (Phi) is 8.79. The number of carbonyl (C=O) groups is 2. The monoisotopic (exact) mass is 340 g/mol. The number of hydrogen-bond donors (Lipinski definition) is 2. The summed E-state index contributed by atoms with van der Waals surface area (Å²) in [5, 5.41) is 19.5. The van der Waals surface area contributed by atoms with Gasteiger partial charge < -0.3 is 10.2 Å². The lowest BCUT2D eigenvalue weighted by Gasteiger charge is -2.47. The normalized spacial score (nSPS) is 27.3. The molecular weight excluding hydrogens is 304 g/mol. The molecule has 0 heterocycles. The Bertz CT molecular complexity index is 404. The van der Waals surface area contributed by atoms with Crippen LogP contribution in [-0.2, 0) is 9.59 Å². The van der Waals surface area contributed by atoms with E-state index in [1.165, 1.54) is 32.1 Å². The summed E-state index contributed by atoms with van der Waals surface area (Å²) in [6.45, 7) is 6.08. The first kappa shape index (κ1) is 21.0. The summed E-state index contributed by atoms with van der Waals surface area (Å²) in [6.07, 6.45) is 10.9. The van der Waals surface area contributed by atoms with E-state index in [9.17, 15) is 19.8 Å². The van der Waals surface area contributed by atoms with Gasteiger partial charge in [0.05, 0.1) is 11.3 Å². The lowest BCUT2D eigenvalue weighted by atomic mass is 9.55. The Hall–Kier alpha value is -1.06. The topological polar surface area (TPSA) is 74.6 Å². The van der Waals surface area contributed by atoms with Crippen LogP contribution in [0.4, 0.5) is 0 Å². The molecule has 0 bridgehead atoms. The molecule has 24 heavy (non-hydrogen) atoms. The zero-order chi connectivity index (χ0) is 18.2. The first-order valence-electron chi connectivity index (χ1n) is 9.84. The SMILES string of the molecule is CCCCCCCCCC1C(C(=O)O)CCCC1(C(=O)O)C(C)C. The highest BCUT2D eigenvalue weighted by molar-refractivity contribution is 5.78. The molecule has 4 nitrogen and oxygen atoms in total. The minimum Gasteiger partial charge on any atom is -0.481 e. The second-order valence-electron chi connectivity index (χ2n) is 7.85. The van der Waals surface area contributed by atoms with Gasteiger partial charge in [-0.3, -0.25) is 9.59 Å². The van der Waals surface area contributed by atoms with E-state index in [4.69, 9.17) is 0 Å². The van der Waals surface area contributed by atoms with Crippen LogP contribution in [0.2, 0.25) is 0 Å².